The molecule has 0 aliphatic carbocycles. The van der Waals surface area contributed by atoms with Gasteiger partial charge in [-0.15, -0.1) is 0 Å². The molecule has 6 nitrogen and oxygen atoms in total. The Kier molecular flexibility index (Phi) is 5.15. The number of aromatic nitrogens is 3. The normalized spacial score (nSPS) is 10.2. The maximum atomic E-state index is 14.2. The van der Waals surface area contributed by atoms with Crippen LogP contribution in [0.5, 0.6) is 0 Å². The highest BCUT2D eigenvalue weighted by molar-refractivity contribution is 9.10. The molecule has 0 radical (unpaired) electrons. The topological polar surface area (TPSA) is 79.8 Å². The lowest BCUT2D eigenvalue weighted by Gasteiger charge is -2.09. The van der Waals surface area contributed by atoms with E-state index in [0.29, 0.717) is 11.1 Å². The molecular formula is C13H13BrFN5O. The molecule has 0 bridgehead atoms. The molecule has 0 aromatic carbocycles. The second kappa shape index (κ2) is 7.07. The number of pyridine rings is 1. The van der Waals surface area contributed by atoms with Crippen molar-refractivity contribution in [1.29, 1.82) is 0 Å². The standard InChI is InChI=1S/C13H13BrFN5O/c1-2-4-16-12-11(15)8(3-5-17-12)13(21)20-10-7-18-9(14)6-19-10/h3,5-7H,2,4H2,1H3,(H,16,17)(H,19,20,21). The highest BCUT2D eigenvalue weighted by atomic mass is 79.9. The van der Waals surface area contributed by atoms with Crippen molar-refractivity contribution in [1.82, 2.24) is 15.0 Å². The van der Waals surface area contributed by atoms with Crippen molar-refractivity contribution >= 4 is 33.5 Å². The number of nitrogens with one attached hydrogen (secondary N) is 2. The van der Waals surface area contributed by atoms with Crippen molar-refractivity contribution in [3.8, 4) is 0 Å². The highest BCUT2D eigenvalue weighted by Gasteiger charge is 2.16. The number of amides is 1. The van der Waals surface area contributed by atoms with Gasteiger partial charge in [-0.2, -0.15) is 0 Å². The fourth-order valence-corrected chi connectivity index (χ4v) is 1.75. The Balaban J connectivity index is 2.17. The Morgan fingerprint density at radius 1 is 1.33 bits per heavy atom. The average Bonchev–Trinajstić information content (AvgIpc) is 2.48. The van der Waals surface area contributed by atoms with Crippen molar-refractivity contribution < 1.29 is 9.18 Å². The van der Waals surface area contributed by atoms with Crippen LogP contribution in [-0.2, 0) is 0 Å². The lowest BCUT2D eigenvalue weighted by Crippen LogP contribution is -2.16. The number of nitrogens with zero attached hydrogens (tertiary/aromatic N) is 3. The summed E-state index contributed by atoms with van der Waals surface area (Å²) < 4.78 is 14.7. The zero-order valence-electron chi connectivity index (χ0n) is 11.2. The largest absolute Gasteiger partial charge is 0.368 e. The van der Waals surface area contributed by atoms with Crippen LogP contribution in [0, 0.1) is 5.82 Å². The van der Waals surface area contributed by atoms with Gasteiger partial charge in [-0.1, -0.05) is 6.92 Å². The van der Waals surface area contributed by atoms with Gasteiger partial charge in [0, 0.05) is 12.7 Å². The molecule has 0 aliphatic heterocycles. The Morgan fingerprint density at radius 3 is 2.81 bits per heavy atom. The van der Waals surface area contributed by atoms with Crippen LogP contribution in [-0.4, -0.2) is 27.4 Å². The molecule has 0 aliphatic rings. The number of hydrogen-bond donors (Lipinski definition) is 2. The Morgan fingerprint density at radius 2 is 2.14 bits per heavy atom. The summed E-state index contributed by atoms with van der Waals surface area (Å²) in [6.07, 6.45) is 5.01. The van der Waals surface area contributed by atoms with E-state index in [9.17, 15) is 9.18 Å². The SMILES string of the molecule is CCCNc1nccc(C(=O)Nc2cnc(Br)cn2)c1F. The van der Waals surface area contributed by atoms with Gasteiger partial charge in [-0.3, -0.25) is 4.79 Å². The lowest BCUT2D eigenvalue weighted by atomic mass is 10.2. The number of halogens is 2. The minimum Gasteiger partial charge on any atom is -0.368 e. The molecule has 0 saturated carbocycles. The second-order valence-corrected chi connectivity index (χ2v) is 4.94. The first-order valence-electron chi connectivity index (χ1n) is 6.29. The third kappa shape index (κ3) is 3.94. The molecule has 2 rings (SSSR count). The van der Waals surface area contributed by atoms with Gasteiger partial charge in [0.15, 0.2) is 17.5 Å². The van der Waals surface area contributed by atoms with Gasteiger partial charge < -0.3 is 10.6 Å². The van der Waals surface area contributed by atoms with Gasteiger partial charge >= 0.3 is 0 Å². The molecule has 2 heterocycles. The summed E-state index contributed by atoms with van der Waals surface area (Å²) in [5.74, 6) is -0.992. The maximum absolute atomic E-state index is 14.2. The predicted molar refractivity (Wildman–Crippen MR) is 80.7 cm³/mol. The van der Waals surface area contributed by atoms with Crippen LogP contribution < -0.4 is 10.6 Å². The number of carbonyl (C=O) groups is 1. The minimum absolute atomic E-state index is 0.0615. The zero-order valence-corrected chi connectivity index (χ0v) is 12.8. The third-order valence-corrected chi connectivity index (χ3v) is 2.95. The van der Waals surface area contributed by atoms with Gasteiger partial charge in [0.2, 0.25) is 0 Å². The fraction of sp³-hybridized carbons (Fsp3) is 0.231. The summed E-state index contributed by atoms with van der Waals surface area (Å²) in [5, 5.41) is 5.31. The first kappa shape index (κ1) is 15.3. The summed E-state index contributed by atoms with van der Waals surface area (Å²) in [5.41, 5.74) is -0.103. The molecule has 2 N–H and O–H groups in total. The third-order valence-electron chi connectivity index (χ3n) is 2.54. The van der Waals surface area contributed by atoms with Crippen LogP contribution >= 0.6 is 15.9 Å². The van der Waals surface area contributed by atoms with E-state index in [0.717, 1.165) is 6.42 Å². The summed E-state index contributed by atoms with van der Waals surface area (Å²) in [6.45, 7) is 2.53. The smallest absolute Gasteiger partial charge is 0.260 e. The van der Waals surface area contributed by atoms with Crippen LogP contribution in [0.4, 0.5) is 16.0 Å². The summed E-state index contributed by atoms with van der Waals surface area (Å²) in [7, 11) is 0. The Hall–Kier alpha value is -2.09. The van der Waals surface area contributed by atoms with Crippen molar-refractivity contribution in [2.75, 3.05) is 17.2 Å². The van der Waals surface area contributed by atoms with E-state index in [-0.39, 0.29) is 17.2 Å². The summed E-state index contributed by atoms with van der Waals surface area (Å²) in [6, 6.07) is 1.31. The van der Waals surface area contributed by atoms with E-state index >= 15 is 0 Å². The van der Waals surface area contributed by atoms with E-state index in [1.54, 1.807) is 0 Å². The molecule has 1 amide bonds. The van der Waals surface area contributed by atoms with E-state index < -0.39 is 11.7 Å². The van der Waals surface area contributed by atoms with E-state index in [1.165, 1.54) is 24.7 Å². The number of carbonyl (C=O) groups excluding carboxylic acids is 1. The monoisotopic (exact) mass is 353 g/mol. The molecule has 2 aromatic heterocycles. The fourth-order valence-electron chi connectivity index (χ4n) is 1.55. The molecule has 0 spiro atoms. The van der Waals surface area contributed by atoms with Crippen LogP contribution in [0.2, 0.25) is 0 Å². The maximum Gasteiger partial charge on any atom is 0.260 e. The van der Waals surface area contributed by atoms with Crippen molar-refractivity contribution in [2.24, 2.45) is 0 Å². The minimum atomic E-state index is -0.687. The van der Waals surface area contributed by atoms with E-state index in [1.807, 2.05) is 6.92 Å². The number of hydrogen-bond acceptors (Lipinski definition) is 5. The van der Waals surface area contributed by atoms with Gasteiger partial charge in [0.05, 0.1) is 18.0 Å². The molecule has 2 aromatic rings. The molecule has 0 atom stereocenters. The molecule has 8 heteroatoms. The number of anilines is 2. The molecular weight excluding hydrogens is 341 g/mol. The predicted octanol–water partition coefficient (Wildman–Crippen LogP) is 2.85. The quantitative estimate of drug-likeness (QED) is 0.863. The molecule has 0 unspecified atom stereocenters. The van der Waals surface area contributed by atoms with Crippen molar-refractivity contribution in [3.05, 3.63) is 40.6 Å². The number of rotatable bonds is 5. The van der Waals surface area contributed by atoms with Gasteiger partial charge in [0.25, 0.3) is 5.91 Å². The van der Waals surface area contributed by atoms with Crippen LogP contribution in [0.25, 0.3) is 0 Å². The average molecular weight is 354 g/mol. The Labute approximate surface area is 129 Å². The first-order valence-corrected chi connectivity index (χ1v) is 7.08. The van der Waals surface area contributed by atoms with Crippen LogP contribution in [0.3, 0.4) is 0 Å². The zero-order chi connectivity index (χ0) is 15.2. The molecule has 0 saturated heterocycles. The molecule has 110 valence electrons. The summed E-state index contributed by atoms with van der Waals surface area (Å²) in [4.78, 5) is 23.8. The van der Waals surface area contributed by atoms with E-state index in [2.05, 4.69) is 41.5 Å². The van der Waals surface area contributed by atoms with Crippen LogP contribution in [0.15, 0.2) is 29.3 Å². The first-order chi connectivity index (χ1) is 10.1. The Bertz CT molecular complexity index is 635. The molecule has 21 heavy (non-hydrogen) atoms. The van der Waals surface area contributed by atoms with Gasteiger partial charge in [-0.25, -0.2) is 19.3 Å². The van der Waals surface area contributed by atoms with Gasteiger partial charge in [-0.05, 0) is 28.4 Å². The van der Waals surface area contributed by atoms with Crippen molar-refractivity contribution in [3.63, 3.8) is 0 Å². The second-order valence-electron chi connectivity index (χ2n) is 4.13. The highest BCUT2D eigenvalue weighted by Crippen LogP contribution is 2.16. The van der Waals surface area contributed by atoms with E-state index in [4.69, 9.17) is 0 Å². The lowest BCUT2D eigenvalue weighted by molar-refractivity contribution is 0.102. The summed E-state index contributed by atoms with van der Waals surface area (Å²) >= 11 is 3.14. The van der Waals surface area contributed by atoms with Gasteiger partial charge in [0.1, 0.15) is 4.60 Å². The molecule has 0 fully saturated rings. The van der Waals surface area contributed by atoms with Crippen LogP contribution in [0.1, 0.15) is 23.7 Å². The van der Waals surface area contributed by atoms with Crippen molar-refractivity contribution in [2.45, 2.75) is 13.3 Å².